The molecule has 0 atom stereocenters. The normalized spacial score (nSPS) is 11.1. The minimum absolute atomic E-state index is 0.0433. The molecule has 5 heteroatoms. The Morgan fingerprint density at radius 1 is 1.22 bits per heavy atom. The SMILES string of the molecule is Cc1cc(NC(=O)Cc2ccc3c(c2)ncn3C(C)C)ccn1. The third kappa shape index (κ3) is 3.39. The quantitative estimate of drug-likeness (QED) is 0.802. The first-order chi connectivity index (χ1) is 11.0. The van der Waals surface area contributed by atoms with Gasteiger partial charge in [-0.25, -0.2) is 4.98 Å². The number of hydrogen-bond acceptors (Lipinski definition) is 3. The van der Waals surface area contributed by atoms with Crippen molar-refractivity contribution in [1.29, 1.82) is 0 Å². The van der Waals surface area contributed by atoms with E-state index in [1.807, 2.05) is 37.5 Å². The van der Waals surface area contributed by atoms with Crippen LogP contribution in [0.5, 0.6) is 0 Å². The van der Waals surface area contributed by atoms with E-state index >= 15 is 0 Å². The Morgan fingerprint density at radius 2 is 2.04 bits per heavy atom. The average Bonchev–Trinajstić information content (AvgIpc) is 2.90. The molecule has 2 heterocycles. The molecule has 2 aromatic heterocycles. The lowest BCUT2D eigenvalue weighted by Gasteiger charge is -2.08. The van der Waals surface area contributed by atoms with Gasteiger partial charge in [-0.2, -0.15) is 0 Å². The third-order valence-electron chi connectivity index (χ3n) is 3.74. The monoisotopic (exact) mass is 308 g/mol. The van der Waals surface area contributed by atoms with E-state index in [0.717, 1.165) is 28.0 Å². The molecule has 118 valence electrons. The first-order valence-electron chi connectivity index (χ1n) is 7.71. The standard InChI is InChI=1S/C18H20N4O/c1-12(2)22-11-20-16-9-14(4-5-17(16)22)10-18(23)21-15-6-7-19-13(3)8-15/h4-9,11-12H,10H2,1-3H3,(H,19,21,23). The van der Waals surface area contributed by atoms with Crippen LogP contribution < -0.4 is 5.32 Å². The second kappa shape index (κ2) is 6.20. The number of aryl methyl sites for hydroxylation is 1. The Morgan fingerprint density at radius 3 is 2.78 bits per heavy atom. The van der Waals surface area contributed by atoms with Gasteiger partial charge in [-0.1, -0.05) is 6.07 Å². The molecule has 0 saturated carbocycles. The predicted molar refractivity (Wildman–Crippen MR) is 91.4 cm³/mol. The lowest BCUT2D eigenvalue weighted by atomic mass is 10.1. The van der Waals surface area contributed by atoms with E-state index in [2.05, 4.69) is 33.7 Å². The van der Waals surface area contributed by atoms with E-state index in [0.29, 0.717) is 12.5 Å². The number of benzene rings is 1. The highest BCUT2D eigenvalue weighted by Gasteiger charge is 2.09. The summed E-state index contributed by atoms with van der Waals surface area (Å²) >= 11 is 0. The molecule has 0 aliphatic heterocycles. The van der Waals surface area contributed by atoms with Gasteiger partial charge in [0.2, 0.25) is 5.91 Å². The highest BCUT2D eigenvalue weighted by Crippen LogP contribution is 2.19. The van der Waals surface area contributed by atoms with Crippen LogP contribution in [0.3, 0.4) is 0 Å². The van der Waals surface area contributed by atoms with Gasteiger partial charge in [0, 0.05) is 23.6 Å². The number of carbonyl (C=O) groups excluding carboxylic acids is 1. The van der Waals surface area contributed by atoms with Crippen LogP contribution >= 0.6 is 0 Å². The molecule has 0 bridgehead atoms. The second-order valence-electron chi connectivity index (χ2n) is 5.98. The Hall–Kier alpha value is -2.69. The van der Waals surface area contributed by atoms with Gasteiger partial charge in [0.25, 0.3) is 0 Å². The maximum atomic E-state index is 12.2. The summed E-state index contributed by atoms with van der Waals surface area (Å²) < 4.78 is 2.12. The predicted octanol–water partition coefficient (Wildman–Crippen LogP) is 3.50. The first kappa shape index (κ1) is 15.2. The Kier molecular flexibility index (Phi) is 4.10. The zero-order valence-electron chi connectivity index (χ0n) is 13.6. The first-order valence-corrected chi connectivity index (χ1v) is 7.71. The van der Waals surface area contributed by atoms with Gasteiger partial charge in [0.1, 0.15) is 0 Å². The summed E-state index contributed by atoms with van der Waals surface area (Å²) in [6.45, 7) is 6.15. The minimum Gasteiger partial charge on any atom is -0.328 e. The lowest BCUT2D eigenvalue weighted by Crippen LogP contribution is -2.14. The van der Waals surface area contributed by atoms with E-state index in [-0.39, 0.29) is 5.91 Å². The number of anilines is 1. The fourth-order valence-electron chi connectivity index (χ4n) is 2.61. The molecule has 23 heavy (non-hydrogen) atoms. The van der Waals surface area contributed by atoms with Crippen molar-refractivity contribution in [1.82, 2.24) is 14.5 Å². The number of nitrogens with one attached hydrogen (secondary N) is 1. The maximum Gasteiger partial charge on any atom is 0.228 e. The van der Waals surface area contributed by atoms with Gasteiger partial charge in [-0.15, -0.1) is 0 Å². The molecule has 3 rings (SSSR count). The Balaban J connectivity index is 1.75. The lowest BCUT2D eigenvalue weighted by molar-refractivity contribution is -0.115. The smallest absolute Gasteiger partial charge is 0.228 e. The van der Waals surface area contributed by atoms with Crippen LogP contribution in [0.25, 0.3) is 11.0 Å². The van der Waals surface area contributed by atoms with Crippen LogP contribution in [0, 0.1) is 6.92 Å². The van der Waals surface area contributed by atoms with Crippen LogP contribution in [-0.4, -0.2) is 20.4 Å². The van der Waals surface area contributed by atoms with Crippen LogP contribution in [-0.2, 0) is 11.2 Å². The number of rotatable bonds is 4. The van der Waals surface area contributed by atoms with Crippen molar-refractivity contribution in [3.05, 3.63) is 54.1 Å². The van der Waals surface area contributed by atoms with Crippen LogP contribution in [0.4, 0.5) is 5.69 Å². The molecule has 0 spiro atoms. The molecule has 5 nitrogen and oxygen atoms in total. The molecule has 0 saturated heterocycles. The van der Waals surface area contributed by atoms with Crippen molar-refractivity contribution in [2.45, 2.75) is 33.2 Å². The van der Waals surface area contributed by atoms with Crippen molar-refractivity contribution in [3.8, 4) is 0 Å². The molecule has 0 aliphatic carbocycles. The second-order valence-corrected chi connectivity index (χ2v) is 5.98. The molecular weight excluding hydrogens is 288 g/mol. The number of aromatic nitrogens is 3. The minimum atomic E-state index is -0.0433. The van der Waals surface area contributed by atoms with Crippen LogP contribution in [0.2, 0.25) is 0 Å². The number of pyridine rings is 1. The molecular formula is C18H20N4O. The van der Waals surface area contributed by atoms with Crippen LogP contribution in [0.15, 0.2) is 42.9 Å². The fraction of sp³-hybridized carbons (Fsp3) is 0.278. The summed E-state index contributed by atoms with van der Waals surface area (Å²) in [7, 11) is 0. The van der Waals surface area contributed by atoms with E-state index in [1.54, 1.807) is 12.3 Å². The van der Waals surface area contributed by atoms with Crippen molar-refractivity contribution in [3.63, 3.8) is 0 Å². The van der Waals surface area contributed by atoms with E-state index in [4.69, 9.17) is 0 Å². The van der Waals surface area contributed by atoms with E-state index in [9.17, 15) is 4.79 Å². The number of carbonyl (C=O) groups is 1. The molecule has 0 radical (unpaired) electrons. The zero-order valence-corrected chi connectivity index (χ0v) is 13.6. The van der Waals surface area contributed by atoms with E-state index in [1.165, 1.54) is 0 Å². The highest BCUT2D eigenvalue weighted by molar-refractivity contribution is 5.92. The van der Waals surface area contributed by atoms with Gasteiger partial charge in [-0.05, 0) is 50.6 Å². The number of fused-ring (bicyclic) bond motifs is 1. The molecule has 0 fully saturated rings. The highest BCUT2D eigenvalue weighted by atomic mass is 16.1. The summed E-state index contributed by atoms with van der Waals surface area (Å²) in [5.74, 6) is -0.0433. The zero-order chi connectivity index (χ0) is 16.4. The molecule has 1 N–H and O–H groups in total. The molecule has 0 aliphatic rings. The van der Waals surface area contributed by atoms with Gasteiger partial charge < -0.3 is 9.88 Å². The van der Waals surface area contributed by atoms with Crippen molar-refractivity contribution in [2.24, 2.45) is 0 Å². The average molecular weight is 308 g/mol. The van der Waals surface area contributed by atoms with Gasteiger partial charge in [0.05, 0.1) is 23.8 Å². The summed E-state index contributed by atoms with van der Waals surface area (Å²) in [4.78, 5) is 20.7. The summed E-state index contributed by atoms with van der Waals surface area (Å²) in [5, 5.41) is 2.90. The van der Waals surface area contributed by atoms with Gasteiger partial charge in [-0.3, -0.25) is 9.78 Å². The van der Waals surface area contributed by atoms with Crippen LogP contribution in [0.1, 0.15) is 31.1 Å². The van der Waals surface area contributed by atoms with E-state index < -0.39 is 0 Å². The molecule has 3 aromatic rings. The third-order valence-corrected chi connectivity index (χ3v) is 3.74. The topological polar surface area (TPSA) is 59.8 Å². The number of amides is 1. The summed E-state index contributed by atoms with van der Waals surface area (Å²) in [6.07, 6.45) is 3.86. The summed E-state index contributed by atoms with van der Waals surface area (Å²) in [5.41, 5.74) is 4.61. The Bertz CT molecular complexity index is 851. The number of hydrogen-bond donors (Lipinski definition) is 1. The van der Waals surface area contributed by atoms with Crippen molar-refractivity contribution >= 4 is 22.6 Å². The largest absolute Gasteiger partial charge is 0.328 e. The molecule has 1 aromatic carbocycles. The van der Waals surface area contributed by atoms with Gasteiger partial charge >= 0.3 is 0 Å². The van der Waals surface area contributed by atoms with Crippen molar-refractivity contribution < 1.29 is 4.79 Å². The molecule has 0 unspecified atom stereocenters. The molecule has 1 amide bonds. The van der Waals surface area contributed by atoms with Crippen molar-refractivity contribution in [2.75, 3.05) is 5.32 Å². The Labute approximate surface area is 135 Å². The number of nitrogens with zero attached hydrogens (tertiary/aromatic N) is 3. The summed E-state index contributed by atoms with van der Waals surface area (Å²) in [6, 6.07) is 10.0. The maximum absolute atomic E-state index is 12.2. The fourth-order valence-corrected chi connectivity index (χ4v) is 2.61. The number of imidazole rings is 1. The van der Waals surface area contributed by atoms with Gasteiger partial charge in [0.15, 0.2) is 0 Å².